The average Bonchev–Trinajstić information content (AvgIpc) is 2.93. The zero-order chi connectivity index (χ0) is 14.8. The van der Waals surface area contributed by atoms with E-state index in [1.54, 1.807) is 6.20 Å². The minimum absolute atomic E-state index is 0.223. The third-order valence-electron chi connectivity index (χ3n) is 3.35. The monoisotopic (exact) mass is 301 g/mol. The lowest BCUT2D eigenvalue weighted by Crippen LogP contribution is -2.31. The van der Waals surface area contributed by atoms with E-state index in [4.69, 9.17) is 11.6 Å². The maximum atomic E-state index is 6.04. The zero-order valence-corrected chi connectivity index (χ0v) is 12.7. The van der Waals surface area contributed by atoms with E-state index in [0.29, 0.717) is 5.65 Å². The second-order valence-electron chi connectivity index (χ2n) is 5.16. The highest BCUT2D eigenvalue weighted by atomic mass is 35.5. The van der Waals surface area contributed by atoms with E-state index < -0.39 is 0 Å². The van der Waals surface area contributed by atoms with Crippen molar-refractivity contribution < 1.29 is 0 Å². The molecule has 108 valence electrons. The molecule has 3 aromatic rings. The lowest BCUT2D eigenvalue weighted by atomic mass is 10.2. The van der Waals surface area contributed by atoms with Crippen LogP contribution in [0.1, 0.15) is 19.4 Å². The van der Waals surface area contributed by atoms with E-state index >= 15 is 0 Å². The van der Waals surface area contributed by atoms with Gasteiger partial charge in [-0.05, 0) is 31.0 Å². The van der Waals surface area contributed by atoms with Crippen LogP contribution in [0.2, 0.25) is 5.28 Å². The van der Waals surface area contributed by atoms with Crippen molar-refractivity contribution in [3.63, 3.8) is 0 Å². The highest BCUT2D eigenvalue weighted by Crippen LogP contribution is 2.26. The van der Waals surface area contributed by atoms with Crippen LogP contribution in [0.15, 0.2) is 36.5 Å². The van der Waals surface area contributed by atoms with E-state index in [2.05, 4.69) is 51.0 Å². The first-order chi connectivity index (χ1) is 10.1. The molecule has 2 aromatic heterocycles. The predicted molar refractivity (Wildman–Crippen MR) is 84.5 cm³/mol. The Morgan fingerprint density at radius 3 is 2.67 bits per heavy atom. The molecule has 1 aromatic carbocycles. The Hall–Kier alpha value is -2.14. The van der Waals surface area contributed by atoms with Gasteiger partial charge in [-0.3, -0.25) is 5.10 Å². The molecule has 0 atom stereocenters. The summed E-state index contributed by atoms with van der Waals surface area (Å²) in [6, 6.07) is 10.6. The van der Waals surface area contributed by atoms with E-state index in [0.717, 1.165) is 17.7 Å². The van der Waals surface area contributed by atoms with Gasteiger partial charge in [-0.1, -0.05) is 30.3 Å². The topological polar surface area (TPSA) is 57.7 Å². The summed E-state index contributed by atoms with van der Waals surface area (Å²) in [5.74, 6) is 0.803. The van der Waals surface area contributed by atoms with Crippen LogP contribution in [-0.2, 0) is 6.54 Å². The fraction of sp³-hybridized carbons (Fsp3) is 0.267. The summed E-state index contributed by atoms with van der Waals surface area (Å²) in [6.45, 7) is 5.02. The zero-order valence-electron chi connectivity index (χ0n) is 11.9. The van der Waals surface area contributed by atoms with Crippen LogP contribution in [0.25, 0.3) is 11.0 Å². The van der Waals surface area contributed by atoms with Crippen LogP contribution in [-0.4, -0.2) is 26.2 Å². The van der Waals surface area contributed by atoms with E-state index in [9.17, 15) is 0 Å². The van der Waals surface area contributed by atoms with E-state index in [1.165, 1.54) is 5.56 Å². The third-order valence-corrected chi connectivity index (χ3v) is 3.52. The SMILES string of the molecule is CC(C)N(Cc1ccccc1)c1nc(Cl)nc2[nH]ncc12. The molecule has 0 radical (unpaired) electrons. The van der Waals surface area contributed by atoms with Crippen LogP contribution in [0.4, 0.5) is 5.82 Å². The predicted octanol–water partition coefficient (Wildman–Crippen LogP) is 3.42. The standard InChI is InChI=1S/C15H16ClN5/c1-10(2)21(9-11-6-4-3-5-7-11)14-12-8-17-20-13(12)18-15(16)19-14/h3-8,10H,9H2,1-2H3,(H,17,18,19,20). The Morgan fingerprint density at radius 1 is 1.19 bits per heavy atom. The summed E-state index contributed by atoms with van der Waals surface area (Å²) >= 11 is 6.04. The summed E-state index contributed by atoms with van der Waals surface area (Å²) in [7, 11) is 0. The third kappa shape index (κ3) is 2.83. The summed E-state index contributed by atoms with van der Waals surface area (Å²) in [4.78, 5) is 10.8. The van der Waals surface area contributed by atoms with Crippen molar-refractivity contribution in [2.75, 3.05) is 4.90 Å². The molecule has 0 fully saturated rings. The highest BCUT2D eigenvalue weighted by Gasteiger charge is 2.18. The maximum Gasteiger partial charge on any atom is 0.226 e. The Balaban J connectivity index is 2.05. The number of nitrogens with zero attached hydrogens (tertiary/aromatic N) is 4. The Bertz CT molecular complexity index is 738. The van der Waals surface area contributed by atoms with Crippen molar-refractivity contribution in [2.24, 2.45) is 0 Å². The molecule has 0 amide bonds. The maximum absolute atomic E-state index is 6.04. The van der Waals surface area contributed by atoms with Gasteiger partial charge in [0.2, 0.25) is 5.28 Å². The van der Waals surface area contributed by atoms with Gasteiger partial charge < -0.3 is 4.90 Å². The van der Waals surface area contributed by atoms with Crippen LogP contribution in [0.5, 0.6) is 0 Å². The minimum atomic E-state index is 0.223. The van der Waals surface area contributed by atoms with E-state index in [1.807, 2.05) is 18.2 Å². The number of halogens is 1. The molecule has 0 saturated heterocycles. The van der Waals surface area contributed by atoms with Gasteiger partial charge in [0.1, 0.15) is 5.82 Å². The molecule has 0 aliphatic carbocycles. The molecule has 1 N–H and O–H groups in total. The number of aromatic nitrogens is 4. The first kappa shape index (κ1) is 13.8. The lowest BCUT2D eigenvalue weighted by Gasteiger charge is -2.28. The van der Waals surface area contributed by atoms with Crippen molar-refractivity contribution in [3.8, 4) is 0 Å². The summed E-state index contributed by atoms with van der Waals surface area (Å²) in [6.07, 6.45) is 1.74. The summed E-state index contributed by atoms with van der Waals surface area (Å²) < 4.78 is 0. The summed E-state index contributed by atoms with van der Waals surface area (Å²) in [5, 5.41) is 7.99. The fourth-order valence-corrected chi connectivity index (χ4v) is 2.46. The van der Waals surface area contributed by atoms with Crippen molar-refractivity contribution >= 4 is 28.5 Å². The second kappa shape index (κ2) is 5.69. The highest BCUT2D eigenvalue weighted by molar-refractivity contribution is 6.28. The number of aromatic amines is 1. The Labute approximate surface area is 128 Å². The molecule has 0 spiro atoms. The molecule has 2 heterocycles. The van der Waals surface area contributed by atoms with Crippen LogP contribution < -0.4 is 4.90 Å². The molecule has 21 heavy (non-hydrogen) atoms. The van der Waals surface area contributed by atoms with Crippen molar-refractivity contribution in [1.29, 1.82) is 0 Å². The molecule has 0 saturated carbocycles. The first-order valence-corrected chi connectivity index (χ1v) is 7.20. The number of hydrogen-bond acceptors (Lipinski definition) is 4. The summed E-state index contributed by atoms with van der Waals surface area (Å²) in [5.41, 5.74) is 1.88. The molecule has 0 bridgehead atoms. The number of anilines is 1. The number of nitrogens with one attached hydrogen (secondary N) is 1. The van der Waals surface area contributed by atoms with E-state index in [-0.39, 0.29) is 11.3 Å². The molecular weight excluding hydrogens is 286 g/mol. The number of H-pyrrole nitrogens is 1. The van der Waals surface area contributed by atoms with Gasteiger partial charge in [-0.15, -0.1) is 0 Å². The number of hydrogen-bond donors (Lipinski definition) is 1. The van der Waals surface area contributed by atoms with Gasteiger partial charge in [-0.2, -0.15) is 15.1 Å². The minimum Gasteiger partial charge on any atom is -0.349 e. The number of fused-ring (bicyclic) bond motifs is 1. The van der Waals surface area contributed by atoms with Gasteiger partial charge in [-0.25, -0.2) is 0 Å². The van der Waals surface area contributed by atoms with Crippen LogP contribution >= 0.6 is 11.6 Å². The first-order valence-electron chi connectivity index (χ1n) is 6.82. The molecule has 5 nitrogen and oxygen atoms in total. The van der Waals surface area contributed by atoms with Gasteiger partial charge in [0.05, 0.1) is 11.6 Å². The molecule has 6 heteroatoms. The molecular formula is C15H16ClN5. The average molecular weight is 302 g/mol. The van der Waals surface area contributed by atoms with Crippen molar-refractivity contribution in [3.05, 3.63) is 47.4 Å². The van der Waals surface area contributed by atoms with Crippen LogP contribution in [0.3, 0.4) is 0 Å². The fourth-order valence-electron chi connectivity index (χ4n) is 2.29. The normalized spacial score (nSPS) is 11.2. The Kier molecular flexibility index (Phi) is 3.75. The molecule has 0 aliphatic rings. The number of rotatable bonds is 4. The Morgan fingerprint density at radius 2 is 1.95 bits per heavy atom. The van der Waals surface area contributed by atoms with Crippen LogP contribution in [0, 0.1) is 0 Å². The quantitative estimate of drug-likeness (QED) is 0.750. The molecule has 3 rings (SSSR count). The van der Waals surface area contributed by atoms with Gasteiger partial charge >= 0.3 is 0 Å². The largest absolute Gasteiger partial charge is 0.349 e. The number of benzene rings is 1. The van der Waals surface area contributed by atoms with Crippen molar-refractivity contribution in [1.82, 2.24) is 20.2 Å². The molecule has 0 aliphatic heterocycles. The molecule has 0 unspecified atom stereocenters. The van der Waals surface area contributed by atoms with Gasteiger partial charge in [0, 0.05) is 12.6 Å². The smallest absolute Gasteiger partial charge is 0.226 e. The van der Waals surface area contributed by atoms with Crippen molar-refractivity contribution in [2.45, 2.75) is 26.4 Å². The van der Waals surface area contributed by atoms with Gasteiger partial charge in [0.25, 0.3) is 0 Å². The lowest BCUT2D eigenvalue weighted by molar-refractivity contribution is 0.675. The second-order valence-corrected chi connectivity index (χ2v) is 5.49. The van der Waals surface area contributed by atoms with Gasteiger partial charge in [0.15, 0.2) is 5.65 Å².